The molecule has 0 bridgehead atoms. The fourth-order valence-electron chi connectivity index (χ4n) is 3.08. The van der Waals surface area contributed by atoms with Gasteiger partial charge in [0, 0.05) is 17.1 Å². The molecule has 7 heteroatoms. The largest absolute Gasteiger partial charge is 0.508 e. The van der Waals surface area contributed by atoms with Crippen molar-refractivity contribution in [3.8, 4) is 28.8 Å². The second-order valence-electron chi connectivity index (χ2n) is 5.82. The topological polar surface area (TPSA) is 103 Å². The van der Waals surface area contributed by atoms with Crippen molar-refractivity contribution >= 4 is 11.0 Å². The molecule has 0 spiro atoms. The minimum atomic E-state index is 0.196. The third-order valence-corrected chi connectivity index (χ3v) is 4.34. The SMILES string of the molecule is Cc1ccc(O)c(C)c1-c1cnc2[nH]c(-n3cncn3)cc2c1C#N. The molecule has 0 saturated carbocycles. The Morgan fingerprint density at radius 3 is 2.84 bits per heavy atom. The number of aromatic nitrogens is 5. The minimum Gasteiger partial charge on any atom is -0.508 e. The van der Waals surface area contributed by atoms with E-state index in [9.17, 15) is 10.4 Å². The van der Waals surface area contributed by atoms with Crippen LogP contribution in [0.25, 0.3) is 28.0 Å². The Bertz CT molecular complexity index is 1130. The van der Waals surface area contributed by atoms with E-state index in [0.29, 0.717) is 28.0 Å². The van der Waals surface area contributed by atoms with Gasteiger partial charge in [0.2, 0.25) is 0 Å². The number of rotatable bonds is 2. The first kappa shape index (κ1) is 14.9. The van der Waals surface area contributed by atoms with Crippen LogP contribution in [0.4, 0.5) is 0 Å². The lowest BCUT2D eigenvalue weighted by atomic mass is 9.92. The molecule has 0 unspecified atom stereocenters. The van der Waals surface area contributed by atoms with Crippen molar-refractivity contribution in [2.75, 3.05) is 0 Å². The summed E-state index contributed by atoms with van der Waals surface area (Å²) >= 11 is 0. The number of hydrogen-bond acceptors (Lipinski definition) is 5. The van der Waals surface area contributed by atoms with Crippen LogP contribution in [0.2, 0.25) is 0 Å². The molecule has 4 aromatic rings. The number of nitrogens with zero attached hydrogens (tertiary/aromatic N) is 5. The molecular formula is C18H14N6O. The molecule has 0 saturated heterocycles. The number of aromatic amines is 1. The monoisotopic (exact) mass is 330 g/mol. The van der Waals surface area contributed by atoms with Crippen molar-refractivity contribution in [3.63, 3.8) is 0 Å². The van der Waals surface area contributed by atoms with Crippen LogP contribution in [0.15, 0.2) is 37.1 Å². The first-order chi connectivity index (χ1) is 12.1. The minimum absolute atomic E-state index is 0.196. The molecule has 122 valence electrons. The van der Waals surface area contributed by atoms with Crippen LogP contribution >= 0.6 is 0 Å². The number of aromatic hydroxyl groups is 1. The van der Waals surface area contributed by atoms with Crippen molar-refractivity contribution in [2.45, 2.75) is 13.8 Å². The Morgan fingerprint density at radius 2 is 2.12 bits per heavy atom. The van der Waals surface area contributed by atoms with Crippen LogP contribution < -0.4 is 0 Å². The highest BCUT2D eigenvalue weighted by Crippen LogP contribution is 2.36. The van der Waals surface area contributed by atoms with Gasteiger partial charge in [-0.1, -0.05) is 6.07 Å². The maximum atomic E-state index is 10.1. The van der Waals surface area contributed by atoms with Crippen molar-refractivity contribution in [2.24, 2.45) is 0 Å². The summed E-state index contributed by atoms with van der Waals surface area (Å²) in [5.74, 6) is 0.875. The lowest BCUT2D eigenvalue weighted by Gasteiger charge is -2.13. The average molecular weight is 330 g/mol. The fourth-order valence-corrected chi connectivity index (χ4v) is 3.08. The molecule has 4 rings (SSSR count). The van der Waals surface area contributed by atoms with E-state index in [-0.39, 0.29) is 5.75 Å². The molecule has 0 aliphatic rings. The van der Waals surface area contributed by atoms with Gasteiger partial charge in [0.15, 0.2) is 0 Å². The second kappa shape index (κ2) is 5.46. The van der Waals surface area contributed by atoms with Crippen LogP contribution in [0, 0.1) is 25.2 Å². The van der Waals surface area contributed by atoms with E-state index in [2.05, 4.69) is 26.1 Å². The van der Waals surface area contributed by atoms with E-state index in [4.69, 9.17) is 0 Å². The van der Waals surface area contributed by atoms with Gasteiger partial charge in [-0.3, -0.25) is 0 Å². The first-order valence-corrected chi connectivity index (χ1v) is 7.66. The zero-order valence-electron chi connectivity index (χ0n) is 13.6. The molecule has 0 aliphatic carbocycles. The van der Waals surface area contributed by atoms with Crippen molar-refractivity contribution in [1.82, 2.24) is 24.7 Å². The Morgan fingerprint density at radius 1 is 1.28 bits per heavy atom. The second-order valence-corrected chi connectivity index (χ2v) is 5.82. The Balaban J connectivity index is 2.01. The fraction of sp³-hybridized carbons (Fsp3) is 0.111. The van der Waals surface area contributed by atoms with E-state index in [1.165, 1.54) is 6.33 Å². The number of aryl methyl sites for hydroxylation is 1. The molecule has 0 radical (unpaired) electrons. The number of nitrogens with one attached hydrogen (secondary N) is 1. The quantitative estimate of drug-likeness (QED) is 0.588. The van der Waals surface area contributed by atoms with Gasteiger partial charge >= 0.3 is 0 Å². The lowest BCUT2D eigenvalue weighted by Crippen LogP contribution is -1.94. The van der Waals surface area contributed by atoms with Gasteiger partial charge < -0.3 is 10.1 Å². The zero-order valence-corrected chi connectivity index (χ0v) is 13.6. The van der Waals surface area contributed by atoms with E-state index < -0.39 is 0 Å². The van der Waals surface area contributed by atoms with Crippen molar-refractivity contribution < 1.29 is 5.11 Å². The molecule has 0 aliphatic heterocycles. The lowest BCUT2D eigenvalue weighted by molar-refractivity contribution is 0.471. The normalized spacial score (nSPS) is 10.9. The smallest absolute Gasteiger partial charge is 0.140 e. The Labute approximate surface area is 143 Å². The number of phenols is 1. The van der Waals surface area contributed by atoms with Crippen LogP contribution in [0.1, 0.15) is 16.7 Å². The summed E-state index contributed by atoms with van der Waals surface area (Å²) < 4.78 is 1.58. The third-order valence-electron chi connectivity index (χ3n) is 4.34. The number of benzene rings is 1. The van der Waals surface area contributed by atoms with E-state index in [1.807, 2.05) is 26.0 Å². The highest BCUT2D eigenvalue weighted by molar-refractivity contribution is 5.92. The van der Waals surface area contributed by atoms with Crippen LogP contribution in [-0.4, -0.2) is 29.8 Å². The predicted molar refractivity (Wildman–Crippen MR) is 92.3 cm³/mol. The number of hydrogen-bond donors (Lipinski definition) is 2. The average Bonchev–Trinajstić information content (AvgIpc) is 3.27. The molecule has 0 atom stereocenters. The highest BCUT2D eigenvalue weighted by atomic mass is 16.3. The third kappa shape index (κ3) is 2.23. The number of phenolic OH excluding ortho intramolecular Hbond substituents is 1. The molecule has 3 aromatic heterocycles. The summed E-state index contributed by atoms with van der Waals surface area (Å²) in [5.41, 5.74) is 4.33. The summed E-state index contributed by atoms with van der Waals surface area (Å²) in [7, 11) is 0. The van der Waals surface area contributed by atoms with E-state index >= 15 is 0 Å². The number of nitriles is 1. The van der Waals surface area contributed by atoms with Gasteiger partial charge in [-0.15, -0.1) is 0 Å². The molecule has 2 N–H and O–H groups in total. The van der Waals surface area contributed by atoms with Gasteiger partial charge in [-0.05, 0) is 42.7 Å². The van der Waals surface area contributed by atoms with Gasteiger partial charge in [0.05, 0.1) is 5.56 Å². The van der Waals surface area contributed by atoms with Crippen molar-refractivity contribution in [3.05, 3.63) is 53.7 Å². The van der Waals surface area contributed by atoms with Crippen LogP contribution in [-0.2, 0) is 0 Å². The van der Waals surface area contributed by atoms with Gasteiger partial charge in [0.25, 0.3) is 0 Å². The van der Waals surface area contributed by atoms with Gasteiger partial charge in [0.1, 0.15) is 35.9 Å². The number of pyridine rings is 1. The number of H-pyrrole nitrogens is 1. The van der Waals surface area contributed by atoms with Gasteiger partial charge in [-0.25, -0.2) is 14.6 Å². The molecule has 0 amide bonds. The summed E-state index contributed by atoms with van der Waals surface area (Å²) in [6.07, 6.45) is 4.67. The zero-order chi connectivity index (χ0) is 17.6. The molecule has 1 aromatic carbocycles. The standard InChI is InChI=1S/C18H14N6O/c1-10-3-4-15(25)11(2)17(10)14-7-21-18-12(13(14)6-19)5-16(23-18)24-9-20-8-22-24/h3-5,7-9,25H,1-2H3,(H,21,23). The summed E-state index contributed by atoms with van der Waals surface area (Å²) in [4.78, 5) is 11.5. The summed E-state index contributed by atoms with van der Waals surface area (Å²) in [6, 6.07) is 7.60. The maximum absolute atomic E-state index is 10.1. The molecule has 0 fully saturated rings. The highest BCUT2D eigenvalue weighted by Gasteiger charge is 2.18. The maximum Gasteiger partial charge on any atom is 0.140 e. The Hall–Kier alpha value is -3.66. The summed E-state index contributed by atoms with van der Waals surface area (Å²) in [6.45, 7) is 3.78. The van der Waals surface area contributed by atoms with E-state index in [0.717, 1.165) is 16.7 Å². The molecule has 25 heavy (non-hydrogen) atoms. The summed E-state index contributed by atoms with van der Waals surface area (Å²) in [5, 5.41) is 24.6. The predicted octanol–water partition coefficient (Wildman–Crippen LogP) is 3.00. The molecule has 3 heterocycles. The number of fused-ring (bicyclic) bond motifs is 1. The first-order valence-electron chi connectivity index (χ1n) is 7.66. The molecular weight excluding hydrogens is 316 g/mol. The Kier molecular flexibility index (Phi) is 3.25. The van der Waals surface area contributed by atoms with Crippen LogP contribution in [0.3, 0.4) is 0 Å². The van der Waals surface area contributed by atoms with Crippen molar-refractivity contribution in [1.29, 1.82) is 5.26 Å². The van der Waals surface area contributed by atoms with Gasteiger partial charge in [-0.2, -0.15) is 10.4 Å². The molecule has 7 nitrogen and oxygen atoms in total. The van der Waals surface area contributed by atoms with E-state index in [1.54, 1.807) is 23.3 Å². The van der Waals surface area contributed by atoms with Crippen LogP contribution in [0.5, 0.6) is 5.75 Å².